The summed E-state index contributed by atoms with van der Waals surface area (Å²) in [5.74, 6) is 2.06. The Morgan fingerprint density at radius 3 is 2.00 bits per heavy atom. The first-order chi connectivity index (χ1) is 10.7. The fourth-order valence-electron chi connectivity index (χ4n) is 2.40. The topological polar surface area (TPSA) is 24.4 Å². The Hall–Kier alpha value is -0.960. The van der Waals surface area contributed by atoms with Gasteiger partial charge in [-0.25, -0.2) is 0 Å². The van der Waals surface area contributed by atoms with Crippen molar-refractivity contribution in [3.8, 4) is 0 Å². The molecule has 1 rings (SSSR count). The number of anilines is 1. The Bertz CT molecular complexity index is 499. The van der Waals surface area contributed by atoms with E-state index in [1.54, 1.807) is 0 Å². The molecular formula is C20H34N2S. The van der Waals surface area contributed by atoms with E-state index in [2.05, 4.69) is 78.9 Å². The zero-order chi connectivity index (χ0) is 17.6. The molecule has 0 bridgehead atoms. The quantitative estimate of drug-likeness (QED) is 0.482. The molecule has 2 nitrogen and oxygen atoms in total. The predicted molar refractivity (Wildman–Crippen MR) is 108 cm³/mol. The van der Waals surface area contributed by atoms with Crippen molar-refractivity contribution in [2.24, 2.45) is 4.99 Å². The number of hydrogen-bond acceptors (Lipinski definition) is 2. The van der Waals surface area contributed by atoms with Crippen LogP contribution in [0.5, 0.6) is 0 Å². The first kappa shape index (κ1) is 20.1. The van der Waals surface area contributed by atoms with E-state index in [0.29, 0.717) is 11.8 Å². The lowest BCUT2D eigenvalue weighted by Gasteiger charge is -2.23. The predicted octanol–water partition coefficient (Wildman–Crippen LogP) is 6.64. The molecule has 0 saturated carbocycles. The van der Waals surface area contributed by atoms with Crippen molar-refractivity contribution >= 4 is 22.6 Å². The molecule has 3 heteroatoms. The minimum Gasteiger partial charge on any atom is -0.334 e. The van der Waals surface area contributed by atoms with Crippen LogP contribution in [0.3, 0.4) is 0 Å². The maximum Gasteiger partial charge on any atom is 0.161 e. The molecule has 130 valence electrons. The molecule has 1 aromatic rings. The van der Waals surface area contributed by atoms with Gasteiger partial charge in [-0.3, -0.25) is 4.99 Å². The van der Waals surface area contributed by atoms with Crippen LogP contribution in [0.15, 0.2) is 23.2 Å². The molecule has 1 aromatic carbocycles. The fraction of sp³-hybridized carbons (Fsp3) is 0.650. The molecular weight excluding hydrogens is 300 g/mol. The van der Waals surface area contributed by atoms with Gasteiger partial charge in [-0.15, -0.1) is 0 Å². The van der Waals surface area contributed by atoms with Gasteiger partial charge in [0.15, 0.2) is 5.17 Å². The SMILES string of the molecule is CCCSC(=NC(C)(C)C)Nc1c(C(C)C)cccc1C(C)C. The highest BCUT2D eigenvalue weighted by molar-refractivity contribution is 8.14. The van der Waals surface area contributed by atoms with Crippen molar-refractivity contribution in [2.75, 3.05) is 11.1 Å². The first-order valence-corrected chi connectivity index (χ1v) is 9.76. The Balaban J connectivity index is 3.28. The molecule has 1 N–H and O–H groups in total. The van der Waals surface area contributed by atoms with Gasteiger partial charge in [0.2, 0.25) is 0 Å². The smallest absolute Gasteiger partial charge is 0.161 e. The Labute approximate surface area is 147 Å². The second kappa shape index (κ2) is 8.77. The number of nitrogens with zero attached hydrogens (tertiary/aromatic N) is 1. The lowest BCUT2D eigenvalue weighted by atomic mass is 9.93. The van der Waals surface area contributed by atoms with E-state index in [9.17, 15) is 0 Å². The molecule has 23 heavy (non-hydrogen) atoms. The summed E-state index contributed by atoms with van der Waals surface area (Å²) in [7, 11) is 0. The van der Waals surface area contributed by atoms with Crippen LogP contribution in [0.1, 0.15) is 84.8 Å². The summed E-state index contributed by atoms with van der Waals surface area (Å²) >= 11 is 1.82. The van der Waals surface area contributed by atoms with E-state index in [1.165, 1.54) is 16.8 Å². The molecule has 0 heterocycles. The monoisotopic (exact) mass is 334 g/mol. The molecule has 0 atom stereocenters. The molecule has 0 aromatic heterocycles. The minimum absolute atomic E-state index is 0.0756. The van der Waals surface area contributed by atoms with Gasteiger partial charge in [-0.05, 0) is 50.2 Å². The number of aliphatic imine (C=N–C) groups is 1. The second-order valence-electron chi connectivity index (χ2n) is 7.68. The third-order valence-corrected chi connectivity index (χ3v) is 4.56. The molecule has 0 fully saturated rings. The first-order valence-electron chi connectivity index (χ1n) is 8.78. The second-order valence-corrected chi connectivity index (χ2v) is 8.77. The summed E-state index contributed by atoms with van der Waals surface area (Å²) in [4.78, 5) is 4.91. The maximum absolute atomic E-state index is 4.91. The van der Waals surface area contributed by atoms with Crippen molar-refractivity contribution in [3.05, 3.63) is 29.3 Å². The van der Waals surface area contributed by atoms with Crippen LogP contribution in [0.4, 0.5) is 5.69 Å². The highest BCUT2D eigenvalue weighted by Crippen LogP contribution is 2.33. The highest BCUT2D eigenvalue weighted by Gasteiger charge is 2.17. The van der Waals surface area contributed by atoms with Crippen LogP contribution >= 0.6 is 11.8 Å². The molecule has 0 amide bonds. The fourth-order valence-corrected chi connectivity index (χ4v) is 3.31. The number of amidine groups is 1. The third-order valence-electron chi connectivity index (χ3n) is 3.48. The summed E-state index contributed by atoms with van der Waals surface area (Å²) in [6, 6.07) is 6.64. The number of benzene rings is 1. The Kier molecular flexibility index (Phi) is 7.66. The lowest BCUT2D eigenvalue weighted by Crippen LogP contribution is -2.20. The highest BCUT2D eigenvalue weighted by atomic mass is 32.2. The van der Waals surface area contributed by atoms with Crippen LogP contribution in [-0.2, 0) is 0 Å². The van der Waals surface area contributed by atoms with Crippen molar-refractivity contribution in [1.29, 1.82) is 0 Å². The van der Waals surface area contributed by atoms with Gasteiger partial charge in [0.1, 0.15) is 0 Å². The van der Waals surface area contributed by atoms with Gasteiger partial charge in [-0.2, -0.15) is 0 Å². The summed E-state index contributed by atoms with van der Waals surface area (Å²) in [5, 5.41) is 4.72. The molecule has 0 spiro atoms. The lowest BCUT2D eigenvalue weighted by molar-refractivity contribution is 0.585. The van der Waals surface area contributed by atoms with E-state index in [-0.39, 0.29) is 5.54 Å². The molecule has 0 radical (unpaired) electrons. The number of hydrogen-bond donors (Lipinski definition) is 1. The number of rotatable bonds is 5. The molecule has 0 aliphatic rings. The van der Waals surface area contributed by atoms with Crippen LogP contribution in [0.2, 0.25) is 0 Å². The van der Waals surface area contributed by atoms with Gasteiger partial charge in [0, 0.05) is 11.4 Å². The van der Waals surface area contributed by atoms with Crippen molar-refractivity contribution < 1.29 is 0 Å². The van der Waals surface area contributed by atoms with Gasteiger partial charge in [-0.1, -0.05) is 64.6 Å². The van der Waals surface area contributed by atoms with Crippen LogP contribution < -0.4 is 5.32 Å². The van der Waals surface area contributed by atoms with Gasteiger partial charge in [0.25, 0.3) is 0 Å². The van der Waals surface area contributed by atoms with Crippen molar-refractivity contribution in [2.45, 2.75) is 79.2 Å². The Morgan fingerprint density at radius 1 is 1.09 bits per heavy atom. The van der Waals surface area contributed by atoms with Crippen molar-refractivity contribution in [1.82, 2.24) is 0 Å². The van der Waals surface area contributed by atoms with Crippen molar-refractivity contribution in [3.63, 3.8) is 0 Å². The van der Waals surface area contributed by atoms with E-state index < -0.39 is 0 Å². The number of nitrogens with one attached hydrogen (secondary N) is 1. The van der Waals surface area contributed by atoms with E-state index in [0.717, 1.165) is 17.3 Å². The van der Waals surface area contributed by atoms with Gasteiger partial charge < -0.3 is 5.32 Å². The minimum atomic E-state index is -0.0756. The van der Waals surface area contributed by atoms with E-state index in [4.69, 9.17) is 4.99 Å². The standard InChI is InChI=1S/C20H34N2S/c1-9-13-23-19(22-20(6,7)8)21-18-16(14(2)3)11-10-12-17(18)15(4)5/h10-12,14-15H,9,13H2,1-8H3,(H,21,22). The number of para-hydroxylation sites is 1. The largest absolute Gasteiger partial charge is 0.334 e. The summed E-state index contributed by atoms with van der Waals surface area (Å²) in [6.45, 7) is 17.7. The normalized spacial score (nSPS) is 13.0. The summed E-state index contributed by atoms with van der Waals surface area (Å²) in [5.41, 5.74) is 3.92. The zero-order valence-electron chi connectivity index (χ0n) is 16.2. The Morgan fingerprint density at radius 2 is 1.61 bits per heavy atom. The van der Waals surface area contributed by atoms with E-state index >= 15 is 0 Å². The summed E-state index contributed by atoms with van der Waals surface area (Å²) < 4.78 is 0. The number of thioether (sulfide) groups is 1. The summed E-state index contributed by atoms with van der Waals surface area (Å²) in [6.07, 6.45) is 1.15. The van der Waals surface area contributed by atoms with Gasteiger partial charge >= 0.3 is 0 Å². The third kappa shape index (κ3) is 6.58. The van der Waals surface area contributed by atoms with Gasteiger partial charge in [0.05, 0.1) is 5.54 Å². The van der Waals surface area contributed by atoms with Crippen LogP contribution in [0.25, 0.3) is 0 Å². The molecule has 0 aliphatic heterocycles. The zero-order valence-corrected chi connectivity index (χ0v) is 17.0. The van der Waals surface area contributed by atoms with Crippen LogP contribution in [-0.4, -0.2) is 16.5 Å². The molecule has 0 aliphatic carbocycles. The molecule has 0 saturated heterocycles. The van der Waals surface area contributed by atoms with E-state index in [1.807, 2.05) is 11.8 Å². The maximum atomic E-state index is 4.91. The molecule has 0 unspecified atom stereocenters. The average molecular weight is 335 g/mol. The van der Waals surface area contributed by atoms with Crippen LogP contribution in [0, 0.1) is 0 Å². The average Bonchev–Trinajstić information content (AvgIpc) is 2.42.